The molecule has 0 radical (unpaired) electrons. The van der Waals surface area contributed by atoms with E-state index in [1.54, 1.807) is 6.92 Å². The molecule has 1 aliphatic rings. The van der Waals surface area contributed by atoms with Gasteiger partial charge in [0.25, 0.3) is 0 Å². The van der Waals surface area contributed by atoms with Crippen LogP contribution in [0.4, 0.5) is 0 Å². The van der Waals surface area contributed by atoms with Crippen LogP contribution in [0.5, 0.6) is 0 Å². The molecule has 0 heterocycles. The zero-order chi connectivity index (χ0) is 26.0. The first-order valence-corrected chi connectivity index (χ1v) is 12.2. The van der Waals surface area contributed by atoms with Crippen LogP contribution < -0.4 is 0 Å². The Morgan fingerprint density at radius 3 is 2.06 bits per heavy atom. The van der Waals surface area contributed by atoms with Gasteiger partial charge >= 0.3 is 11.9 Å². The summed E-state index contributed by atoms with van der Waals surface area (Å²) in [6.45, 7) is 19.5. The highest BCUT2D eigenvalue weighted by atomic mass is 16.6. The number of hydrogen-bond donors (Lipinski definition) is 2. The molecule has 0 aliphatic heterocycles. The van der Waals surface area contributed by atoms with Gasteiger partial charge in [0.1, 0.15) is 6.61 Å². The van der Waals surface area contributed by atoms with Crippen LogP contribution in [-0.4, -0.2) is 41.5 Å². The minimum Gasteiger partial charge on any atom is -0.494 e. The van der Waals surface area contributed by atoms with Gasteiger partial charge in [0.15, 0.2) is 6.10 Å². The lowest BCUT2D eigenvalue weighted by Gasteiger charge is -2.28. The van der Waals surface area contributed by atoms with Crippen LogP contribution in [0.25, 0.3) is 0 Å². The number of carboxylic acids is 1. The number of aliphatic hydroxyl groups excluding tert-OH is 1. The van der Waals surface area contributed by atoms with Gasteiger partial charge in [0.05, 0.1) is 24.2 Å². The van der Waals surface area contributed by atoms with Gasteiger partial charge in [-0.3, -0.25) is 9.59 Å². The lowest BCUT2D eigenvalue weighted by Crippen LogP contribution is -2.37. The molecular formula is C27H48O6. The van der Waals surface area contributed by atoms with E-state index in [2.05, 4.69) is 27.4 Å². The van der Waals surface area contributed by atoms with Crippen LogP contribution >= 0.6 is 0 Å². The molecule has 6 nitrogen and oxygen atoms in total. The minimum absolute atomic E-state index is 0.0351. The molecule has 192 valence electrons. The number of carbonyl (C=O) groups is 2. The van der Waals surface area contributed by atoms with Crippen molar-refractivity contribution in [2.45, 2.75) is 93.6 Å². The van der Waals surface area contributed by atoms with Crippen molar-refractivity contribution < 1.29 is 29.3 Å². The summed E-state index contributed by atoms with van der Waals surface area (Å²) in [4.78, 5) is 23.6. The van der Waals surface area contributed by atoms with Crippen molar-refractivity contribution in [2.24, 2.45) is 17.8 Å². The number of ether oxygens (including phenoxy) is 2. The Bertz CT molecular complexity index is 635. The van der Waals surface area contributed by atoms with Gasteiger partial charge in [-0.2, -0.15) is 0 Å². The summed E-state index contributed by atoms with van der Waals surface area (Å²) >= 11 is 0. The summed E-state index contributed by atoms with van der Waals surface area (Å²) in [7, 11) is 0. The molecule has 0 aromatic carbocycles. The monoisotopic (exact) mass is 468 g/mol. The largest absolute Gasteiger partial charge is 0.494 e. The van der Waals surface area contributed by atoms with E-state index in [1.807, 2.05) is 39.8 Å². The summed E-state index contributed by atoms with van der Waals surface area (Å²) < 4.78 is 10.8. The second-order valence-electron chi connectivity index (χ2n) is 8.28. The first-order chi connectivity index (χ1) is 15.6. The molecule has 0 aromatic rings. The van der Waals surface area contributed by atoms with E-state index in [9.17, 15) is 19.8 Å². The predicted octanol–water partition coefficient (Wildman–Crippen LogP) is 6.30. The number of rotatable bonds is 10. The molecule has 0 amide bonds. The maximum absolute atomic E-state index is 12.3. The fourth-order valence-corrected chi connectivity index (χ4v) is 3.13. The predicted molar refractivity (Wildman–Crippen MR) is 135 cm³/mol. The SMILES string of the molecule is C/C=C\C(C)=C(/C)OCC(CO)OC(=O)C1CCCCC1C(=O)O.C=C(C)C(C)CC.CC. The summed E-state index contributed by atoms with van der Waals surface area (Å²) in [5.41, 5.74) is 2.24. The second-order valence-corrected chi connectivity index (χ2v) is 8.28. The number of carboxylic acid groups (broad SMARTS) is 1. The fraction of sp³-hybridized carbons (Fsp3) is 0.704. The number of aliphatic hydroxyl groups is 1. The molecule has 6 heteroatoms. The summed E-state index contributed by atoms with van der Waals surface area (Å²) in [5, 5.41) is 18.6. The van der Waals surface area contributed by atoms with Crippen molar-refractivity contribution >= 4 is 11.9 Å². The molecule has 0 bridgehead atoms. The van der Waals surface area contributed by atoms with Crippen LogP contribution in [0.1, 0.15) is 87.5 Å². The molecule has 0 aromatic heterocycles. The van der Waals surface area contributed by atoms with Crippen LogP contribution in [0.3, 0.4) is 0 Å². The van der Waals surface area contributed by atoms with Gasteiger partial charge in [-0.15, -0.1) is 0 Å². The standard InChI is InChI=1S/C18H28O6.C7H14.C2H6/c1-4-7-12(2)13(3)23-11-14(10-19)24-18(22)16-9-6-5-8-15(16)17(20)21;1-5-7(4)6(2)3;1-2/h4,7,14-16,19H,5-6,8-11H2,1-3H3,(H,20,21);7H,2,5H2,1,3-4H3;1-2H3/b7-4-,13-12+;;. The number of carbonyl (C=O) groups excluding carboxylic acids is 1. The maximum atomic E-state index is 12.3. The number of hydrogen-bond acceptors (Lipinski definition) is 5. The minimum atomic E-state index is -0.964. The topological polar surface area (TPSA) is 93.1 Å². The van der Waals surface area contributed by atoms with Crippen LogP contribution in [0.15, 0.2) is 35.6 Å². The van der Waals surface area contributed by atoms with E-state index in [0.717, 1.165) is 18.4 Å². The molecule has 0 spiro atoms. The molecule has 1 fully saturated rings. The zero-order valence-corrected chi connectivity index (χ0v) is 22.1. The van der Waals surface area contributed by atoms with Crippen molar-refractivity contribution in [3.8, 4) is 0 Å². The van der Waals surface area contributed by atoms with E-state index in [-0.39, 0.29) is 13.2 Å². The van der Waals surface area contributed by atoms with Gasteiger partial charge in [-0.05, 0) is 58.4 Å². The lowest BCUT2D eigenvalue weighted by molar-refractivity contribution is -0.167. The molecule has 1 saturated carbocycles. The smallest absolute Gasteiger partial charge is 0.310 e. The molecule has 1 rings (SSSR count). The van der Waals surface area contributed by atoms with Crippen LogP contribution in [-0.2, 0) is 19.1 Å². The molecule has 4 atom stereocenters. The number of aliphatic carboxylic acids is 1. The molecule has 4 unspecified atom stereocenters. The molecular weight excluding hydrogens is 420 g/mol. The van der Waals surface area contributed by atoms with Gasteiger partial charge in [0, 0.05) is 0 Å². The van der Waals surface area contributed by atoms with E-state index in [1.165, 1.54) is 12.0 Å². The first kappa shape index (κ1) is 33.1. The molecule has 33 heavy (non-hydrogen) atoms. The van der Waals surface area contributed by atoms with E-state index in [4.69, 9.17) is 9.47 Å². The summed E-state index contributed by atoms with van der Waals surface area (Å²) in [6.07, 6.45) is 6.82. The van der Waals surface area contributed by atoms with Crippen molar-refractivity contribution in [2.75, 3.05) is 13.2 Å². The van der Waals surface area contributed by atoms with Crippen LogP contribution in [0.2, 0.25) is 0 Å². The van der Waals surface area contributed by atoms with E-state index in [0.29, 0.717) is 24.5 Å². The highest BCUT2D eigenvalue weighted by Gasteiger charge is 2.37. The maximum Gasteiger partial charge on any atom is 0.310 e. The van der Waals surface area contributed by atoms with Crippen LogP contribution in [0, 0.1) is 17.8 Å². The third-order valence-electron chi connectivity index (χ3n) is 5.78. The average molecular weight is 469 g/mol. The summed E-state index contributed by atoms with van der Waals surface area (Å²) in [6, 6.07) is 0. The van der Waals surface area contributed by atoms with E-state index >= 15 is 0 Å². The van der Waals surface area contributed by atoms with Crippen molar-refractivity contribution in [1.29, 1.82) is 0 Å². The zero-order valence-electron chi connectivity index (χ0n) is 22.1. The Hall–Kier alpha value is -2.08. The second kappa shape index (κ2) is 19.4. The number of esters is 1. The third kappa shape index (κ3) is 13.9. The van der Waals surface area contributed by atoms with Crippen molar-refractivity contribution in [3.63, 3.8) is 0 Å². The third-order valence-corrected chi connectivity index (χ3v) is 5.78. The Kier molecular flexibility index (Phi) is 19.5. The summed E-state index contributed by atoms with van der Waals surface area (Å²) in [5.74, 6) is -1.48. The average Bonchev–Trinajstić information content (AvgIpc) is 2.82. The van der Waals surface area contributed by atoms with Crippen molar-refractivity contribution in [1.82, 2.24) is 0 Å². The van der Waals surface area contributed by atoms with Gasteiger partial charge in [-0.25, -0.2) is 0 Å². The Balaban J connectivity index is 0. The molecule has 1 aliphatic carbocycles. The Labute approximate surface area is 201 Å². The molecule has 0 saturated heterocycles. The molecule has 2 N–H and O–H groups in total. The van der Waals surface area contributed by atoms with Gasteiger partial charge < -0.3 is 19.7 Å². The Morgan fingerprint density at radius 2 is 1.67 bits per heavy atom. The van der Waals surface area contributed by atoms with Crippen molar-refractivity contribution in [3.05, 3.63) is 35.6 Å². The first-order valence-electron chi connectivity index (χ1n) is 12.2. The highest BCUT2D eigenvalue weighted by molar-refractivity contribution is 5.81. The Morgan fingerprint density at radius 1 is 1.12 bits per heavy atom. The quantitative estimate of drug-likeness (QED) is 0.169. The van der Waals surface area contributed by atoms with Gasteiger partial charge in [0.2, 0.25) is 0 Å². The highest BCUT2D eigenvalue weighted by Crippen LogP contribution is 2.31. The lowest BCUT2D eigenvalue weighted by atomic mass is 9.79. The number of allylic oxidation sites excluding steroid dienone is 5. The van der Waals surface area contributed by atoms with Gasteiger partial charge in [-0.1, -0.05) is 64.8 Å². The van der Waals surface area contributed by atoms with E-state index < -0.39 is 29.9 Å². The fourth-order valence-electron chi connectivity index (χ4n) is 3.13. The normalized spacial score (nSPS) is 20.2.